The number of aryl methyl sites for hydroxylation is 1. The Morgan fingerprint density at radius 1 is 1.25 bits per heavy atom. The fourth-order valence-electron chi connectivity index (χ4n) is 2.10. The van der Waals surface area contributed by atoms with Gasteiger partial charge < -0.3 is 10.6 Å². The summed E-state index contributed by atoms with van der Waals surface area (Å²) in [6, 6.07) is 6.85. The molecular weight excluding hydrogens is 438 g/mol. The highest BCUT2D eigenvalue weighted by Crippen LogP contribution is 2.11. The molecule has 0 amide bonds. The standard InChI is InChI=1S/C17H23FN4S.HI/c1-3-16-22-14(12-23-16)11-21-17(19-4-2)20-10-9-13-7-5-6-8-15(13)18;/h5-8,12H,3-4,9-11H2,1-2H3,(H2,19,20,21);1H. The summed E-state index contributed by atoms with van der Waals surface area (Å²) in [5.41, 5.74) is 1.70. The Bertz CT molecular complexity index is 645. The van der Waals surface area contributed by atoms with E-state index in [9.17, 15) is 4.39 Å². The molecule has 2 aromatic rings. The molecule has 24 heavy (non-hydrogen) atoms. The van der Waals surface area contributed by atoms with Crippen molar-refractivity contribution in [3.05, 3.63) is 51.7 Å². The van der Waals surface area contributed by atoms with Gasteiger partial charge in [0.25, 0.3) is 0 Å². The van der Waals surface area contributed by atoms with Crippen LogP contribution in [0.1, 0.15) is 30.1 Å². The number of nitrogens with one attached hydrogen (secondary N) is 2. The van der Waals surface area contributed by atoms with Gasteiger partial charge in [0.05, 0.1) is 17.2 Å². The molecule has 2 rings (SSSR count). The Morgan fingerprint density at radius 3 is 2.71 bits per heavy atom. The van der Waals surface area contributed by atoms with Crippen LogP contribution in [0.2, 0.25) is 0 Å². The predicted molar refractivity (Wildman–Crippen MR) is 110 cm³/mol. The number of guanidine groups is 1. The second kappa shape index (κ2) is 11.4. The molecule has 0 aliphatic heterocycles. The van der Waals surface area contributed by atoms with E-state index >= 15 is 0 Å². The van der Waals surface area contributed by atoms with Crippen molar-refractivity contribution < 1.29 is 4.39 Å². The Hall–Kier alpha value is -1.22. The Labute approximate surface area is 164 Å². The number of hydrogen-bond acceptors (Lipinski definition) is 3. The van der Waals surface area contributed by atoms with Gasteiger partial charge in [-0.25, -0.2) is 14.4 Å². The summed E-state index contributed by atoms with van der Waals surface area (Å²) < 4.78 is 13.6. The lowest BCUT2D eigenvalue weighted by Crippen LogP contribution is -2.38. The largest absolute Gasteiger partial charge is 0.357 e. The number of hydrogen-bond donors (Lipinski definition) is 2. The number of nitrogens with zero attached hydrogens (tertiary/aromatic N) is 2. The first kappa shape index (κ1) is 20.8. The Morgan fingerprint density at radius 2 is 2.04 bits per heavy atom. The van der Waals surface area contributed by atoms with Gasteiger partial charge >= 0.3 is 0 Å². The van der Waals surface area contributed by atoms with Gasteiger partial charge in [0.1, 0.15) is 5.82 Å². The molecule has 0 atom stereocenters. The maximum absolute atomic E-state index is 13.6. The van der Waals surface area contributed by atoms with Crippen LogP contribution < -0.4 is 10.6 Å². The number of aromatic nitrogens is 1. The van der Waals surface area contributed by atoms with Crippen molar-refractivity contribution in [1.29, 1.82) is 0 Å². The first-order valence-corrected chi connectivity index (χ1v) is 8.79. The van der Waals surface area contributed by atoms with E-state index in [0.29, 0.717) is 25.1 Å². The molecule has 0 saturated carbocycles. The summed E-state index contributed by atoms with van der Waals surface area (Å²) in [7, 11) is 0. The Kier molecular flexibility index (Phi) is 9.85. The smallest absolute Gasteiger partial charge is 0.191 e. The molecular formula is C17H24FIN4S. The van der Waals surface area contributed by atoms with Crippen LogP contribution in [0.15, 0.2) is 34.6 Å². The number of rotatable bonds is 7. The van der Waals surface area contributed by atoms with Gasteiger partial charge in [-0.2, -0.15) is 0 Å². The summed E-state index contributed by atoms with van der Waals surface area (Å²) >= 11 is 1.67. The summed E-state index contributed by atoms with van der Waals surface area (Å²) in [5.74, 6) is 0.570. The van der Waals surface area contributed by atoms with Crippen molar-refractivity contribution in [2.45, 2.75) is 33.2 Å². The first-order chi connectivity index (χ1) is 11.2. The molecule has 1 aromatic carbocycles. The van der Waals surface area contributed by atoms with Crippen LogP contribution in [0.25, 0.3) is 0 Å². The maximum atomic E-state index is 13.6. The fraction of sp³-hybridized carbons (Fsp3) is 0.412. The molecule has 0 aliphatic rings. The molecule has 2 N–H and O–H groups in total. The van der Waals surface area contributed by atoms with E-state index in [4.69, 9.17) is 0 Å². The van der Waals surface area contributed by atoms with E-state index in [1.807, 2.05) is 24.4 Å². The third-order valence-electron chi connectivity index (χ3n) is 3.29. The van der Waals surface area contributed by atoms with Crippen molar-refractivity contribution in [1.82, 2.24) is 15.6 Å². The van der Waals surface area contributed by atoms with Gasteiger partial charge in [0, 0.05) is 18.5 Å². The third kappa shape index (κ3) is 6.72. The van der Waals surface area contributed by atoms with Gasteiger partial charge in [-0.1, -0.05) is 25.1 Å². The normalized spacial score (nSPS) is 11.0. The molecule has 1 heterocycles. The SMILES string of the molecule is CCNC(=NCc1csc(CC)n1)NCCc1ccccc1F.I. The van der Waals surface area contributed by atoms with E-state index in [0.717, 1.165) is 29.6 Å². The van der Waals surface area contributed by atoms with Crippen molar-refractivity contribution >= 4 is 41.3 Å². The van der Waals surface area contributed by atoms with E-state index in [2.05, 4.69) is 27.5 Å². The van der Waals surface area contributed by atoms with E-state index in [1.54, 1.807) is 17.4 Å². The van der Waals surface area contributed by atoms with Gasteiger partial charge in [-0.05, 0) is 31.4 Å². The zero-order chi connectivity index (χ0) is 16.5. The van der Waals surface area contributed by atoms with Crippen LogP contribution in [0.3, 0.4) is 0 Å². The number of aliphatic imine (C=N–C) groups is 1. The number of benzene rings is 1. The Balaban J connectivity index is 0.00000288. The molecule has 0 spiro atoms. The molecule has 0 bridgehead atoms. The van der Waals surface area contributed by atoms with Crippen LogP contribution in [-0.2, 0) is 19.4 Å². The van der Waals surface area contributed by atoms with Crippen molar-refractivity contribution in [2.75, 3.05) is 13.1 Å². The highest BCUT2D eigenvalue weighted by Gasteiger charge is 2.03. The van der Waals surface area contributed by atoms with Crippen molar-refractivity contribution in [3.63, 3.8) is 0 Å². The first-order valence-electron chi connectivity index (χ1n) is 7.91. The topological polar surface area (TPSA) is 49.3 Å². The molecule has 1 aromatic heterocycles. The average molecular weight is 462 g/mol. The van der Waals surface area contributed by atoms with Crippen molar-refractivity contribution in [2.24, 2.45) is 4.99 Å². The molecule has 4 nitrogen and oxygen atoms in total. The predicted octanol–water partition coefficient (Wildman–Crippen LogP) is 3.76. The molecule has 132 valence electrons. The van der Waals surface area contributed by atoms with E-state index in [-0.39, 0.29) is 29.8 Å². The minimum atomic E-state index is -0.161. The summed E-state index contributed by atoms with van der Waals surface area (Å²) in [5, 5.41) is 9.61. The minimum Gasteiger partial charge on any atom is -0.357 e. The number of halogens is 2. The van der Waals surface area contributed by atoms with Gasteiger partial charge in [-0.15, -0.1) is 35.3 Å². The minimum absolute atomic E-state index is 0. The van der Waals surface area contributed by atoms with Crippen LogP contribution >= 0.6 is 35.3 Å². The van der Waals surface area contributed by atoms with Gasteiger partial charge in [0.15, 0.2) is 5.96 Å². The van der Waals surface area contributed by atoms with E-state index in [1.165, 1.54) is 6.07 Å². The average Bonchev–Trinajstić information content (AvgIpc) is 3.02. The molecule has 0 radical (unpaired) electrons. The number of thiazole rings is 1. The summed E-state index contributed by atoms with van der Waals surface area (Å²) in [6.45, 7) is 6.07. The lowest BCUT2D eigenvalue weighted by atomic mass is 10.1. The van der Waals surface area contributed by atoms with Gasteiger partial charge in [0.2, 0.25) is 0 Å². The van der Waals surface area contributed by atoms with Crippen LogP contribution in [-0.4, -0.2) is 24.0 Å². The molecule has 7 heteroatoms. The van der Waals surface area contributed by atoms with Crippen molar-refractivity contribution in [3.8, 4) is 0 Å². The van der Waals surface area contributed by atoms with Gasteiger partial charge in [-0.3, -0.25) is 0 Å². The van der Waals surface area contributed by atoms with Crippen LogP contribution in [0.4, 0.5) is 4.39 Å². The lowest BCUT2D eigenvalue weighted by Gasteiger charge is -2.11. The molecule has 0 fully saturated rings. The quantitative estimate of drug-likeness (QED) is 0.374. The zero-order valence-electron chi connectivity index (χ0n) is 14.0. The monoisotopic (exact) mass is 462 g/mol. The zero-order valence-corrected chi connectivity index (χ0v) is 17.2. The highest BCUT2D eigenvalue weighted by molar-refractivity contribution is 14.0. The molecule has 0 aliphatic carbocycles. The second-order valence-electron chi connectivity index (χ2n) is 5.05. The third-order valence-corrected chi connectivity index (χ3v) is 4.33. The second-order valence-corrected chi connectivity index (χ2v) is 5.99. The van der Waals surface area contributed by atoms with Crippen LogP contribution in [0, 0.1) is 5.82 Å². The molecule has 0 unspecified atom stereocenters. The molecule has 0 saturated heterocycles. The lowest BCUT2D eigenvalue weighted by molar-refractivity contribution is 0.606. The maximum Gasteiger partial charge on any atom is 0.191 e. The van der Waals surface area contributed by atoms with Crippen LogP contribution in [0.5, 0.6) is 0 Å². The summed E-state index contributed by atoms with van der Waals surface area (Å²) in [6.07, 6.45) is 1.57. The highest BCUT2D eigenvalue weighted by atomic mass is 127. The fourth-order valence-corrected chi connectivity index (χ4v) is 2.84. The van der Waals surface area contributed by atoms with E-state index < -0.39 is 0 Å². The summed E-state index contributed by atoms with van der Waals surface area (Å²) in [4.78, 5) is 9.04.